The predicted octanol–water partition coefficient (Wildman–Crippen LogP) is 5.12. The summed E-state index contributed by atoms with van der Waals surface area (Å²) in [7, 11) is -15.5. The SMILES string of the molecule is Cc1ccc(S(=O)(=O)NCCCN(CCCCN(CCCNS(=O)(=O)c2ccc(C)cc2)S(=O)(=O)c2ccc(C)cc2)S(=O)(=O)c2ccc(C)cc2)cc1. The van der Waals surface area contributed by atoms with Crippen LogP contribution in [0, 0.1) is 27.7 Å². The Morgan fingerprint density at radius 2 is 0.611 bits per heavy atom. The summed E-state index contributed by atoms with van der Waals surface area (Å²) in [5.74, 6) is 0. The molecule has 0 spiro atoms. The largest absolute Gasteiger partial charge is 0.243 e. The fourth-order valence-electron chi connectivity index (χ4n) is 5.52. The lowest BCUT2D eigenvalue weighted by Gasteiger charge is -2.25. The lowest BCUT2D eigenvalue weighted by atomic mass is 10.2. The molecule has 4 rings (SSSR count). The van der Waals surface area contributed by atoms with E-state index in [1.807, 2.05) is 27.7 Å². The third kappa shape index (κ3) is 12.0. The molecule has 0 atom stereocenters. The normalized spacial score (nSPS) is 12.8. The molecule has 4 aromatic carbocycles. The van der Waals surface area contributed by atoms with Crippen molar-refractivity contribution in [2.75, 3.05) is 39.3 Å². The van der Waals surface area contributed by atoms with Gasteiger partial charge in [0.25, 0.3) is 0 Å². The van der Waals surface area contributed by atoms with Crippen LogP contribution >= 0.6 is 0 Å². The number of hydrogen-bond donors (Lipinski definition) is 2. The Balaban J connectivity index is 1.43. The van der Waals surface area contributed by atoms with Crippen molar-refractivity contribution in [2.24, 2.45) is 0 Å². The van der Waals surface area contributed by atoms with E-state index < -0.39 is 40.1 Å². The molecular weight excluding hydrogens is 769 g/mol. The van der Waals surface area contributed by atoms with Crippen LogP contribution in [-0.2, 0) is 40.1 Å². The van der Waals surface area contributed by atoms with Crippen LogP contribution < -0.4 is 9.44 Å². The molecule has 0 amide bonds. The van der Waals surface area contributed by atoms with Gasteiger partial charge < -0.3 is 0 Å². The van der Waals surface area contributed by atoms with E-state index in [9.17, 15) is 33.7 Å². The van der Waals surface area contributed by atoms with Gasteiger partial charge >= 0.3 is 0 Å². The molecule has 0 saturated carbocycles. The highest BCUT2D eigenvalue weighted by Crippen LogP contribution is 2.21. The van der Waals surface area contributed by atoms with E-state index in [0.717, 1.165) is 22.3 Å². The van der Waals surface area contributed by atoms with E-state index in [4.69, 9.17) is 0 Å². The molecular formula is C38H50N4O8S4. The van der Waals surface area contributed by atoms with E-state index in [2.05, 4.69) is 9.44 Å². The first-order valence-electron chi connectivity index (χ1n) is 17.7. The summed E-state index contributed by atoms with van der Waals surface area (Å²) in [5.41, 5.74) is 3.62. The van der Waals surface area contributed by atoms with Gasteiger partial charge in [0.2, 0.25) is 40.1 Å². The summed E-state index contributed by atoms with van der Waals surface area (Å²) in [6.07, 6.45) is 1.01. The summed E-state index contributed by atoms with van der Waals surface area (Å²) in [6.45, 7) is 7.61. The first-order valence-corrected chi connectivity index (χ1v) is 23.5. The minimum Gasteiger partial charge on any atom is -0.211 e. The summed E-state index contributed by atoms with van der Waals surface area (Å²) >= 11 is 0. The van der Waals surface area contributed by atoms with Crippen LogP contribution in [-0.4, -0.2) is 81.6 Å². The van der Waals surface area contributed by atoms with Crippen LogP contribution in [0.25, 0.3) is 0 Å². The average Bonchev–Trinajstić information content (AvgIpc) is 3.12. The van der Waals surface area contributed by atoms with E-state index in [1.54, 1.807) is 48.5 Å². The smallest absolute Gasteiger partial charge is 0.211 e. The van der Waals surface area contributed by atoms with Crippen molar-refractivity contribution in [3.05, 3.63) is 119 Å². The van der Waals surface area contributed by atoms with Gasteiger partial charge in [-0.05, 0) is 102 Å². The lowest BCUT2D eigenvalue weighted by molar-refractivity contribution is 0.363. The van der Waals surface area contributed by atoms with Crippen LogP contribution in [0.1, 0.15) is 47.9 Å². The summed E-state index contributed by atoms with van der Waals surface area (Å²) in [5, 5.41) is 0. The fourth-order valence-corrected chi connectivity index (χ4v) is 10.7. The predicted molar refractivity (Wildman–Crippen MR) is 211 cm³/mol. The van der Waals surface area contributed by atoms with Gasteiger partial charge in [-0.25, -0.2) is 43.1 Å². The fraction of sp³-hybridized carbons (Fsp3) is 0.368. The quantitative estimate of drug-likeness (QED) is 0.109. The first-order chi connectivity index (χ1) is 25.4. The van der Waals surface area contributed by atoms with E-state index in [-0.39, 0.29) is 71.7 Å². The Morgan fingerprint density at radius 3 is 0.889 bits per heavy atom. The highest BCUT2D eigenvalue weighted by atomic mass is 32.2. The molecule has 294 valence electrons. The summed E-state index contributed by atoms with van der Waals surface area (Å²) in [4.78, 5) is 0.437. The maximum Gasteiger partial charge on any atom is 0.243 e. The second-order valence-electron chi connectivity index (χ2n) is 13.3. The van der Waals surface area contributed by atoms with Crippen LogP contribution in [0.4, 0.5) is 0 Å². The second-order valence-corrected chi connectivity index (χ2v) is 20.7. The van der Waals surface area contributed by atoms with E-state index >= 15 is 0 Å². The van der Waals surface area contributed by atoms with E-state index in [0.29, 0.717) is 12.8 Å². The molecule has 54 heavy (non-hydrogen) atoms. The van der Waals surface area contributed by atoms with Gasteiger partial charge in [0.1, 0.15) is 0 Å². The molecule has 0 aliphatic rings. The van der Waals surface area contributed by atoms with Gasteiger partial charge in [-0.3, -0.25) is 0 Å². The average molecular weight is 819 g/mol. The van der Waals surface area contributed by atoms with Crippen LogP contribution in [0.5, 0.6) is 0 Å². The molecule has 0 bridgehead atoms. The molecule has 4 aromatic rings. The van der Waals surface area contributed by atoms with E-state index in [1.165, 1.54) is 57.1 Å². The third-order valence-corrected chi connectivity index (χ3v) is 15.6. The molecule has 2 N–H and O–H groups in total. The van der Waals surface area contributed by atoms with Gasteiger partial charge in [0, 0.05) is 39.3 Å². The van der Waals surface area contributed by atoms with Crippen molar-refractivity contribution in [1.29, 1.82) is 0 Å². The van der Waals surface area contributed by atoms with Gasteiger partial charge in [0.15, 0.2) is 0 Å². The number of aryl methyl sites for hydroxylation is 4. The Bertz CT molecular complexity index is 2100. The van der Waals surface area contributed by atoms with Crippen molar-refractivity contribution in [2.45, 2.75) is 73.0 Å². The number of nitrogens with zero attached hydrogens (tertiary/aromatic N) is 2. The number of rotatable bonds is 21. The Labute approximate surface area is 321 Å². The van der Waals surface area contributed by atoms with Crippen molar-refractivity contribution < 1.29 is 33.7 Å². The minimum atomic E-state index is -3.96. The van der Waals surface area contributed by atoms with Crippen LogP contribution in [0.3, 0.4) is 0 Å². The Hall–Kier alpha value is -3.48. The van der Waals surface area contributed by atoms with Gasteiger partial charge in [0.05, 0.1) is 19.6 Å². The zero-order valence-electron chi connectivity index (χ0n) is 31.1. The minimum absolute atomic E-state index is 0.00632. The first kappa shape index (κ1) is 43.3. The highest BCUT2D eigenvalue weighted by Gasteiger charge is 2.27. The molecule has 0 saturated heterocycles. The molecule has 0 aromatic heterocycles. The summed E-state index contributed by atoms with van der Waals surface area (Å²) in [6, 6.07) is 25.8. The molecule has 0 aliphatic carbocycles. The van der Waals surface area contributed by atoms with Crippen LogP contribution in [0.2, 0.25) is 0 Å². The Morgan fingerprint density at radius 1 is 0.370 bits per heavy atom. The maximum atomic E-state index is 13.8. The molecule has 0 fully saturated rings. The molecule has 0 aliphatic heterocycles. The number of nitrogens with one attached hydrogen (secondary N) is 2. The topological polar surface area (TPSA) is 167 Å². The number of benzene rings is 4. The molecule has 0 heterocycles. The highest BCUT2D eigenvalue weighted by molar-refractivity contribution is 7.90. The summed E-state index contributed by atoms with van der Waals surface area (Å²) < 4.78 is 114. The number of unbranched alkanes of at least 4 members (excludes halogenated alkanes) is 1. The van der Waals surface area contributed by atoms with Gasteiger partial charge in [-0.15, -0.1) is 0 Å². The Kier molecular flexibility index (Phi) is 15.1. The maximum absolute atomic E-state index is 13.8. The van der Waals surface area contributed by atoms with Gasteiger partial charge in [-0.2, -0.15) is 8.61 Å². The number of sulfonamides is 4. The van der Waals surface area contributed by atoms with Crippen molar-refractivity contribution in [3.8, 4) is 0 Å². The third-order valence-electron chi connectivity index (χ3n) is 8.80. The monoisotopic (exact) mass is 818 g/mol. The lowest BCUT2D eigenvalue weighted by Crippen LogP contribution is -2.37. The molecule has 0 unspecified atom stereocenters. The zero-order chi connectivity index (χ0) is 39.6. The standard InChI is InChI=1S/C38H50N4O8S4/c1-31-9-17-35(18-10-31)51(43,44)39-25-7-29-41(53(47,48)37-21-13-33(3)14-22-37)27-5-6-28-42(54(49,50)38-23-15-34(4)16-24-38)30-8-26-40-52(45,46)36-19-11-32(2)12-20-36/h9-24,39-40H,5-8,25-30H2,1-4H3. The van der Waals surface area contributed by atoms with Crippen LogP contribution in [0.15, 0.2) is 117 Å². The van der Waals surface area contributed by atoms with Gasteiger partial charge in [-0.1, -0.05) is 70.8 Å². The van der Waals surface area contributed by atoms with Crippen molar-refractivity contribution in [3.63, 3.8) is 0 Å². The molecule has 16 heteroatoms. The molecule has 12 nitrogen and oxygen atoms in total. The van der Waals surface area contributed by atoms with Crippen molar-refractivity contribution >= 4 is 40.1 Å². The zero-order valence-corrected chi connectivity index (χ0v) is 34.4. The second kappa shape index (κ2) is 18.9. The van der Waals surface area contributed by atoms with Crippen molar-refractivity contribution in [1.82, 2.24) is 18.1 Å². The molecule has 0 radical (unpaired) electrons. The number of hydrogen-bond acceptors (Lipinski definition) is 8.